The van der Waals surface area contributed by atoms with E-state index in [1.165, 1.54) is 6.07 Å². The summed E-state index contributed by atoms with van der Waals surface area (Å²) in [7, 11) is 0. The number of aromatic nitrogens is 5. The van der Waals surface area contributed by atoms with Gasteiger partial charge in [-0.3, -0.25) is 5.10 Å². The molecule has 0 bridgehead atoms. The predicted molar refractivity (Wildman–Crippen MR) is 143 cm³/mol. The minimum Gasteiger partial charge on any atom is -0.393 e. The van der Waals surface area contributed by atoms with E-state index in [-0.39, 0.29) is 11.9 Å². The van der Waals surface area contributed by atoms with Crippen LogP contribution in [-0.4, -0.2) is 75.8 Å². The molecule has 0 aliphatic carbocycles. The maximum absolute atomic E-state index is 14.5. The lowest BCUT2D eigenvalue weighted by molar-refractivity contribution is 0.122. The Morgan fingerprint density at radius 1 is 0.921 bits per heavy atom. The Kier molecular flexibility index (Phi) is 6.84. The molecule has 38 heavy (non-hydrogen) atoms. The van der Waals surface area contributed by atoms with E-state index >= 15 is 0 Å². The molecule has 2 saturated heterocycles. The molecule has 196 valence electrons. The molecule has 2 aromatic carbocycles. The van der Waals surface area contributed by atoms with Crippen LogP contribution in [0.1, 0.15) is 12.8 Å². The Hall–Kier alpha value is -4.09. The molecular weight excluding hydrogens is 487 g/mol. The second-order valence-electron chi connectivity index (χ2n) is 9.47. The highest BCUT2D eigenvalue weighted by Crippen LogP contribution is 2.27. The lowest BCUT2D eigenvalue weighted by atomic mass is 10.1. The highest BCUT2D eigenvalue weighted by atomic mass is 19.1. The fourth-order valence-corrected chi connectivity index (χ4v) is 4.74. The van der Waals surface area contributed by atoms with Crippen LogP contribution >= 0.6 is 0 Å². The summed E-state index contributed by atoms with van der Waals surface area (Å²) in [4.78, 5) is 17.8. The van der Waals surface area contributed by atoms with Crippen LogP contribution in [0.2, 0.25) is 0 Å². The molecule has 0 spiro atoms. The van der Waals surface area contributed by atoms with Crippen molar-refractivity contribution in [2.45, 2.75) is 18.9 Å². The van der Waals surface area contributed by atoms with Crippen molar-refractivity contribution < 1.29 is 14.2 Å². The smallest absolute Gasteiger partial charge is 0.245 e. The molecule has 10 nitrogen and oxygen atoms in total. The number of halogens is 1. The van der Waals surface area contributed by atoms with Gasteiger partial charge in [0.2, 0.25) is 11.9 Å². The van der Waals surface area contributed by atoms with Gasteiger partial charge >= 0.3 is 0 Å². The molecule has 0 atom stereocenters. The van der Waals surface area contributed by atoms with Gasteiger partial charge in [-0.15, -0.1) is 5.10 Å². The van der Waals surface area contributed by atoms with Crippen molar-refractivity contribution in [2.24, 2.45) is 0 Å². The summed E-state index contributed by atoms with van der Waals surface area (Å²) < 4.78 is 19.9. The van der Waals surface area contributed by atoms with Gasteiger partial charge in [-0.25, -0.2) is 14.4 Å². The zero-order valence-corrected chi connectivity index (χ0v) is 20.8. The summed E-state index contributed by atoms with van der Waals surface area (Å²) in [5.74, 6) is 1.44. The SMILES string of the molecule is OC1CCN(c2n[nH]c(-c3ccc(Nc4nccc(-c5cc(F)cc(N6CCOCC6)c5)n4)cc3)n2)CC1. The molecule has 2 aromatic heterocycles. The number of ether oxygens (including phenoxy) is 1. The van der Waals surface area contributed by atoms with E-state index in [9.17, 15) is 9.50 Å². The first kappa shape index (κ1) is 24.3. The Labute approximate surface area is 219 Å². The number of hydrogen-bond acceptors (Lipinski definition) is 9. The number of H-pyrrole nitrogens is 1. The van der Waals surface area contributed by atoms with Crippen molar-refractivity contribution in [1.82, 2.24) is 25.1 Å². The van der Waals surface area contributed by atoms with Crippen molar-refractivity contribution in [3.63, 3.8) is 0 Å². The largest absolute Gasteiger partial charge is 0.393 e. The van der Waals surface area contributed by atoms with Crippen LogP contribution in [0.3, 0.4) is 0 Å². The number of aliphatic hydroxyl groups excluding tert-OH is 1. The number of rotatable bonds is 6. The third-order valence-electron chi connectivity index (χ3n) is 6.85. The molecule has 0 amide bonds. The Bertz CT molecular complexity index is 1380. The fraction of sp³-hybridized carbons (Fsp3) is 0.333. The van der Waals surface area contributed by atoms with Crippen molar-refractivity contribution in [3.8, 4) is 22.6 Å². The monoisotopic (exact) mass is 516 g/mol. The van der Waals surface area contributed by atoms with Crippen molar-refractivity contribution in [1.29, 1.82) is 0 Å². The normalized spacial score (nSPS) is 16.6. The number of nitrogens with one attached hydrogen (secondary N) is 2. The topological polar surface area (TPSA) is 115 Å². The molecule has 4 aromatic rings. The first-order valence-electron chi connectivity index (χ1n) is 12.8. The van der Waals surface area contributed by atoms with Crippen LogP contribution in [-0.2, 0) is 4.74 Å². The van der Waals surface area contributed by atoms with Gasteiger partial charge < -0.3 is 25.0 Å². The zero-order valence-electron chi connectivity index (χ0n) is 20.8. The van der Waals surface area contributed by atoms with E-state index in [4.69, 9.17) is 4.74 Å². The quantitative estimate of drug-likeness (QED) is 0.353. The number of aromatic amines is 1. The summed E-state index contributed by atoms with van der Waals surface area (Å²) in [6.45, 7) is 4.20. The van der Waals surface area contributed by atoms with Gasteiger partial charge in [-0.05, 0) is 61.4 Å². The lowest BCUT2D eigenvalue weighted by Crippen LogP contribution is -2.36. The number of aliphatic hydroxyl groups is 1. The molecule has 11 heteroatoms. The summed E-state index contributed by atoms with van der Waals surface area (Å²) in [5.41, 5.74) is 3.85. The Balaban J connectivity index is 1.15. The molecule has 0 radical (unpaired) electrons. The maximum Gasteiger partial charge on any atom is 0.245 e. The molecular formula is C27H29FN8O2. The average molecular weight is 517 g/mol. The zero-order chi connectivity index (χ0) is 25.9. The number of anilines is 4. The predicted octanol–water partition coefficient (Wildman–Crippen LogP) is 3.61. The first-order chi connectivity index (χ1) is 18.6. The molecule has 2 aliphatic heterocycles. The summed E-state index contributed by atoms with van der Waals surface area (Å²) >= 11 is 0. The number of morpholine rings is 1. The minimum absolute atomic E-state index is 0.240. The minimum atomic E-state index is -0.304. The van der Waals surface area contributed by atoms with E-state index in [0.29, 0.717) is 42.2 Å². The van der Waals surface area contributed by atoms with E-state index in [1.54, 1.807) is 18.3 Å². The summed E-state index contributed by atoms with van der Waals surface area (Å²) in [5, 5.41) is 20.3. The van der Waals surface area contributed by atoms with E-state index in [0.717, 1.165) is 56.0 Å². The highest BCUT2D eigenvalue weighted by molar-refractivity contribution is 5.68. The van der Waals surface area contributed by atoms with Crippen molar-refractivity contribution in [3.05, 3.63) is 60.5 Å². The number of nitrogens with zero attached hydrogens (tertiary/aromatic N) is 6. The van der Waals surface area contributed by atoms with Crippen LogP contribution < -0.4 is 15.1 Å². The van der Waals surface area contributed by atoms with Crippen LogP contribution in [0.25, 0.3) is 22.6 Å². The fourth-order valence-electron chi connectivity index (χ4n) is 4.74. The van der Waals surface area contributed by atoms with Crippen molar-refractivity contribution in [2.75, 3.05) is 54.5 Å². The third-order valence-corrected chi connectivity index (χ3v) is 6.85. The van der Waals surface area contributed by atoms with Crippen LogP contribution in [0.15, 0.2) is 54.7 Å². The molecule has 6 rings (SSSR count). The van der Waals surface area contributed by atoms with E-state index < -0.39 is 0 Å². The van der Waals surface area contributed by atoms with Gasteiger partial charge in [-0.2, -0.15) is 4.98 Å². The number of piperidine rings is 1. The summed E-state index contributed by atoms with van der Waals surface area (Å²) in [6.07, 6.45) is 2.87. The van der Waals surface area contributed by atoms with E-state index in [1.807, 2.05) is 30.3 Å². The second-order valence-corrected chi connectivity index (χ2v) is 9.47. The van der Waals surface area contributed by atoms with Gasteiger partial charge in [0.05, 0.1) is 25.0 Å². The summed E-state index contributed by atoms with van der Waals surface area (Å²) in [6, 6.07) is 14.5. The molecule has 3 N–H and O–H groups in total. The lowest BCUT2D eigenvalue weighted by Gasteiger charge is -2.29. The van der Waals surface area contributed by atoms with Gasteiger partial charge in [0, 0.05) is 54.9 Å². The van der Waals surface area contributed by atoms with Crippen molar-refractivity contribution >= 4 is 23.3 Å². The first-order valence-corrected chi connectivity index (χ1v) is 12.8. The molecule has 2 fully saturated rings. The van der Waals surface area contributed by atoms with Gasteiger partial charge in [0.15, 0.2) is 5.82 Å². The van der Waals surface area contributed by atoms with Crippen LogP contribution in [0.4, 0.5) is 27.7 Å². The van der Waals surface area contributed by atoms with Crippen LogP contribution in [0.5, 0.6) is 0 Å². The number of benzene rings is 2. The second kappa shape index (κ2) is 10.7. The average Bonchev–Trinajstić information content (AvgIpc) is 3.45. The van der Waals surface area contributed by atoms with E-state index in [2.05, 4.69) is 40.3 Å². The molecule has 4 heterocycles. The van der Waals surface area contributed by atoms with Crippen LogP contribution in [0, 0.1) is 5.82 Å². The highest BCUT2D eigenvalue weighted by Gasteiger charge is 2.20. The molecule has 2 aliphatic rings. The molecule has 0 saturated carbocycles. The van der Waals surface area contributed by atoms with Gasteiger partial charge in [0.1, 0.15) is 5.82 Å². The number of hydrogen-bond donors (Lipinski definition) is 3. The van der Waals surface area contributed by atoms with Gasteiger partial charge in [-0.1, -0.05) is 0 Å². The van der Waals surface area contributed by atoms with Gasteiger partial charge in [0.25, 0.3) is 0 Å². The molecule has 0 unspecified atom stereocenters. The standard InChI is InChI=1S/C27H29FN8O2/c28-20-15-19(16-22(17-20)35-11-13-38-14-12-35)24-5-8-29-26(31-24)30-21-3-1-18(2-4-21)25-32-27(34-33-25)36-9-6-23(37)7-10-36/h1-5,8,15-17,23,37H,6-7,9-14H2,(H,29,30,31)(H,32,33,34). The maximum atomic E-state index is 14.5. The Morgan fingerprint density at radius 2 is 1.71 bits per heavy atom. The third kappa shape index (κ3) is 5.43. The Morgan fingerprint density at radius 3 is 2.50 bits per heavy atom.